The average molecular weight is 355 g/mol. The van der Waals surface area contributed by atoms with Gasteiger partial charge in [-0.3, -0.25) is 4.79 Å². The second kappa shape index (κ2) is 8.36. The van der Waals surface area contributed by atoms with Gasteiger partial charge in [0.05, 0.1) is 6.61 Å². The number of carbonyl (C=O) groups is 1. The SMILES string of the molecule is CCOc1ccc(Cl)cc1/C=C(\C#N)C(=O)Nc1ccc(C)cc1C. The molecule has 1 amide bonds. The number of carbonyl (C=O) groups excluding carboxylic acids is 1. The van der Waals surface area contributed by atoms with Crippen molar-refractivity contribution in [2.75, 3.05) is 11.9 Å². The van der Waals surface area contributed by atoms with Crippen molar-refractivity contribution in [1.82, 2.24) is 0 Å². The Kier molecular flexibility index (Phi) is 6.21. The van der Waals surface area contributed by atoms with E-state index in [0.717, 1.165) is 11.1 Å². The van der Waals surface area contributed by atoms with Crippen LogP contribution in [0.25, 0.3) is 6.08 Å². The zero-order valence-corrected chi connectivity index (χ0v) is 15.1. The molecule has 0 aliphatic heterocycles. The number of amides is 1. The molecule has 1 N–H and O–H groups in total. The van der Waals surface area contributed by atoms with Gasteiger partial charge in [-0.05, 0) is 56.7 Å². The van der Waals surface area contributed by atoms with Gasteiger partial charge in [0.15, 0.2) is 0 Å². The summed E-state index contributed by atoms with van der Waals surface area (Å²) in [6, 6.07) is 12.7. The highest BCUT2D eigenvalue weighted by Crippen LogP contribution is 2.26. The minimum Gasteiger partial charge on any atom is -0.493 e. The molecule has 0 saturated carbocycles. The normalized spacial score (nSPS) is 10.9. The van der Waals surface area contributed by atoms with E-state index in [1.807, 2.05) is 45.0 Å². The van der Waals surface area contributed by atoms with E-state index in [9.17, 15) is 10.1 Å². The van der Waals surface area contributed by atoms with Crippen LogP contribution in [0.1, 0.15) is 23.6 Å². The van der Waals surface area contributed by atoms with E-state index >= 15 is 0 Å². The summed E-state index contributed by atoms with van der Waals surface area (Å²) >= 11 is 6.02. The van der Waals surface area contributed by atoms with E-state index in [-0.39, 0.29) is 5.57 Å². The Bertz CT molecular complexity index is 866. The molecule has 0 radical (unpaired) electrons. The lowest BCUT2D eigenvalue weighted by molar-refractivity contribution is -0.112. The van der Waals surface area contributed by atoms with Crippen LogP contribution in [0.4, 0.5) is 5.69 Å². The zero-order chi connectivity index (χ0) is 18.4. The van der Waals surface area contributed by atoms with Crippen LogP contribution < -0.4 is 10.1 Å². The summed E-state index contributed by atoms with van der Waals surface area (Å²) in [5, 5.41) is 12.7. The van der Waals surface area contributed by atoms with Crippen molar-refractivity contribution in [2.45, 2.75) is 20.8 Å². The molecule has 0 fully saturated rings. The van der Waals surface area contributed by atoms with E-state index in [2.05, 4.69) is 5.32 Å². The van der Waals surface area contributed by atoms with Crippen LogP contribution in [0, 0.1) is 25.2 Å². The molecular formula is C20H19ClN2O2. The number of anilines is 1. The van der Waals surface area contributed by atoms with Gasteiger partial charge in [-0.15, -0.1) is 0 Å². The molecular weight excluding hydrogens is 336 g/mol. The smallest absolute Gasteiger partial charge is 0.266 e. The molecule has 2 aromatic carbocycles. The Balaban J connectivity index is 2.32. The number of halogens is 1. The summed E-state index contributed by atoms with van der Waals surface area (Å²) in [6.07, 6.45) is 1.48. The monoisotopic (exact) mass is 354 g/mol. The molecule has 0 saturated heterocycles. The number of hydrogen-bond donors (Lipinski definition) is 1. The Morgan fingerprint density at radius 1 is 1.28 bits per heavy atom. The fourth-order valence-electron chi connectivity index (χ4n) is 2.37. The van der Waals surface area contributed by atoms with Gasteiger partial charge in [0.25, 0.3) is 5.91 Å². The van der Waals surface area contributed by atoms with E-state index < -0.39 is 5.91 Å². The molecule has 2 rings (SSSR count). The Morgan fingerprint density at radius 2 is 2.04 bits per heavy atom. The highest BCUT2D eigenvalue weighted by Gasteiger charge is 2.13. The van der Waals surface area contributed by atoms with Gasteiger partial charge in [-0.2, -0.15) is 5.26 Å². The third kappa shape index (κ3) is 4.85. The maximum atomic E-state index is 12.5. The first-order valence-electron chi connectivity index (χ1n) is 7.87. The minimum atomic E-state index is -0.475. The fourth-order valence-corrected chi connectivity index (χ4v) is 2.55. The predicted molar refractivity (Wildman–Crippen MR) is 101 cm³/mol. The van der Waals surface area contributed by atoms with Crippen molar-refractivity contribution in [3.63, 3.8) is 0 Å². The maximum Gasteiger partial charge on any atom is 0.266 e. The molecule has 0 aliphatic carbocycles. The standard InChI is InChI=1S/C20H19ClN2O2/c1-4-25-19-8-6-17(21)11-15(19)10-16(12-22)20(24)23-18-7-5-13(2)9-14(18)3/h5-11H,4H2,1-3H3,(H,23,24)/b16-10+. The van der Waals surface area contributed by atoms with Crippen LogP contribution in [-0.4, -0.2) is 12.5 Å². The number of aryl methyl sites for hydroxylation is 2. The highest BCUT2D eigenvalue weighted by atomic mass is 35.5. The van der Waals surface area contributed by atoms with Crippen molar-refractivity contribution in [1.29, 1.82) is 5.26 Å². The molecule has 0 aromatic heterocycles. The topological polar surface area (TPSA) is 62.1 Å². The molecule has 5 heteroatoms. The Hall–Kier alpha value is -2.77. The number of ether oxygens (including phenoxy) is 1. The second-order valence-electron chi connectivity index (χ2n) is 5.56. The Labute approximate surface area is 152 Å². The number of rotatable bonds is 5. The summed E-state index contributed by atoms with van der Waals surface area (Å²) in [6.45, 7) is 6.22. The third-order valence-electron chi connectivity index (χ3n) is 3.57. The number of nitriles is 1. The first kappa shape index (κ1) is 18.6. The summed E-state index contributed by atoms with van der Waals surface area (Å²) in [7, 11) is 0. The van der Waals surface area contributed by atoms with Gasteiger partial charge in [0.2, 0.25) is 0 Å². The van der Waals surface area contributed by atoms with Crippen molar-refractivity contribution in [3.8, 4) is 11.8 Å². The van der Waals surface area contributed by atoms with Crippen LogP contribution in [0.3, 0.4) is 0 Å². The first-order valence-corrected chi connectivity index (χ1v) is 8.25. The van der Waals surface area contributed by atoms with Crippen molar-refractivity contribution in [2.24, 2.45) is 0 Å². The van der Waals surface area contributed by atoms with Crippen LogP contribution >= 0.6 is 11.6 Å². The van der Waals surface area contributed by atoms with E-state index in [0.29, 0.717) is 28.6 Å². The lowest BCUT2D eigenvalue weighted by Crippen LogP contribution is -2.14. The van der Waals surface area contributed by atoms with Crippen molar-refractivity contribution >= 4 is 29.3 Å². The first-order chi connectivity index (χ1) is 11.9. The Morgan fingerprint density at radius 3 is 2.68 bits per heavy atom. The van der Waals surface area contributed by atoms with Gasteiger partial charge < -0.3 is 10.1 Å². The van der Waals surface area contributed by atoms with Gasteiger partial charge in [0.1, 0.15) is 17.4 Å². The molecule has 2 aromatic rings. The largest absolute Gasteiger partial charge is 0.493 e. The fraction of sp³-hybridized carbons (Fsp3) is 0.200. The number of benzene rings is 2. The summed E-state index contributed by atoms with van der Waals surface area (Å²) < 4.78 is 5.52. The summed E-state index contributed by atoms with van der Waals surface area (Å²) in [4.78, 5) is 12.5. The summed E-state index contributed by atoms with van der Waals surface area (Å²) in [5.74, 6) is 0.0934. The van der Waals surface area contributed by atoms with E-state index in [1.54, 1.807) is 18.2 Å². The molecule has 0 heterocycles. The molecule has 0 bridgehead atoms. The lowest BCUT2D eigenvalue weighted by atomic mass is 10.1. The quantitative estimate of drug-likeness (QED) is 0.613. The molecule has 0 unspecified atom stereocenters. The lowest BCUT2D eigenvalue weighted by Gasteiger charge is -2.10. The minimum absolute atomic E-state index is 0.0248. The molecule has 25 heavy (non-hydrogen) atoms. The maximum absolute atomic E-state index is 12.5. The van der Waals surface area contributed by atoms with E-state index in [1.165, 1.54) is 6.08 Å². The molecule has 128 valence electrons. The van der Waals surface area contributed by atoms with Gasteiger partial charge >= 0.3 is 0 Å². The van der Waals surface area contributed by atoms with Crippen molar-refractivity contribution in [3.05, 3.63) is 63.7 Å². The van der Waals surface area contributed by atoms with E-state index in [4.69, 9.17) is 16.3 Å². The molecule has 0 atom stereocenters. The van der Waals surface area contributed by atoms with Crippen LogP contribution in [0.15, 0.2) is 42.0 Å². The van der Waals surface area contributed by atoms with Gasteiger partial charge in [0, 0.05) is 16.3 Å². The van der Waals surface area contributed by atoms with Crippen LogP contribution in [0.5, 0.6) is 5.75 Å². The number of nitrogens with one attached hydrogen (secondary N) is 1. The molecule has 4 nitrogen and oxygen atoms in total. The van der Waals surface area contributed by atoms with Gasteiger partial charge in [-0.25, -0.2) is 0 Å². The zero-order valence-electron chi connectivity index (χ0n) is 14.4. The van der Waals surface area contributed by atoms with Gasteiger partial charge in [-0.1, -0.05) is 29.3 Å². The summed E-state index contributed by atoms with van der Waals surface area (Å²) in [5.41, 5.74) is 3.27. The number of nitrogens with zero attached hydrogens (tertiary/aromatic N) is 1. The predicted octanol–water partition coefficient (Wildman–Crippen LogP) is 4.90. The molecule has 0 spiro atoms. The highest BCUT2D eigenvalue weighted by molar-refractivity contribution is 6.30. The van der Waals surface area contributed by atoms with Crippen molar-refractivity contribution < 1.29 is 9.53 Å². The van der Waals surface area contributed by atoms with Crippen LogP contribution in [-0.2, 0) is 4.79 Å². The third-order valence-corrected chi connectivity index (χ3v) is 3.80. The molecule has 0 aliphatic rings. The van der Waals surface area contributed by atoms with Crippen LogP contribution in [0.2, 0.25) is 5.02 Å². The number of hydrogen-bond acceptors (Lipinski definition) is 3. The average Bonchev–Trinajstić information content (AvgIpc) is 2.57. The second-order valence-corrected chi connectivity index (χ2v) is 5.99.